The number of aromatic nitrogens is 3. The lowest BCUT2D eigenvalue weighted by atomic mass is 9.52. The summed E-state index contributed by atoms with van der Waals surface area (Å²) >= 11 is 1.92. The lowest BCUT2D eigenvalue weighted by Gasteiger charge is -2.49. The van der Waals surface area contributed by atoms with Crippen molar-refractivity contribution in [3.8, 4) is 56.4 Å². The number of benzene rings is 10. The van der Waals surface area contributed by atoms with Gasteiger partial charge in [-0.05, 0) is 83.6 Å². The molecule has 0 fully saturated rings. The van der Waals surface area contributed by atoms with Crippen LogP contribution in [0, 0.1) is 0 Å². The molecule has 0 aliphatic heterocycles. The van der Waals surface area contributed by atoms with Crippen molar-refractivity contribution in [3.63, 3.8) is 0 Å². The molecular weight excluding hydrogens is 831 g/mol. The van der Waals surface area contributed by atoms with Crippen molar-refractivity contribution in [3.05, 3.63) is 269 Å². The molecule has 0 atom stereocenters. The Balaban J connectivity index is 1.10. The number of hydrogen-bond donors (Lipinski definition) is 0. The van der Waals surface area contributed by atoms with Gasteiger partial charge in [0.15, 0.2) is 17.5 Å². The monoisotopic (exact) mass is 867 g/mol. The van der Waals surface area contributed by atoms with E-state index in [4.69, 9.17) is 15.0 Å². The number of fused-ring (bicyclic) bond motifs is 21. The van der Waals surface area contributed by atoms with Crippen LogP contribution < -0.4 is 0 Å². The van der Waals surface area contributed by atoms with Crippen LogP contribution in [0.5, 0.6) is 0 Å². The third-order valence-electron chi connectivity index (χ3n) is 15.0. The molecule has 2 aromatic heterocycles. The third-order valence-corrected chi connectivity index (χ3v) is 16.2. The van der Waals surface area contributed by atoms with Crippen molar-refractivity contribution in [2.75, 3.05) is 0 Å². The summed E-state index contributed by atoms with van der Waals surface area (Å²) in [4.78, 5) is 16.2. The zero-order valence-electron chi connectivity index (χ0n) is 36.1. The minimum Gasteiger partial charge on any atom is -0.208 e. The summed E-state index contributed by atoms with van der Waals surface area (Å²) in [6, 6.07) is 82.7. The van der Waals surface area contributed by atoms with Gasteiger partial charge in [0.1, 0.15) is 0 Å². The van der Waals surface area contributed by atoms with Crippen molar-refractivity contribution in [1.82, 2.24) is 15.0 Å². The number of thiophene rings is 1. The number of rotatable bonds is 3. The summed E-state index contributed by atoms with van der Waals surface area (Å²) in [5.74, 6) is 1.95. The van der Waals surface area contributed by atoms with E-state index in [1.807, 2.05) is 17.4 Å². The molecular formula is C63H37N3S. The van der Waals surface area contributed by atoms with Crippen molar-refractivity contribution < 1.29 is 0 Å². The van der Waals surface area contributed by atoms with E-state index < -0.39 is 10.8 Å². The van der Waals surface area contributed by atoms with Crippen molar-refractivity contribution in [2.24, 2.45) is 0 Å². The Morgan fingerprint density at radius 1 is 0.299 bits per heavy atom. The molecule has 3 nitrogen and oxygen atoms in total. The molecule has 0 saturated carbocycles. The summed E-state index contributed by atoms with van der Waals surface area (Å²) in [5, 5.41) is 4.82. The third kappa shape index (κ3) is 4.72. The van der Waals surface area contributed by atoms with Gasteiger partial charge in [0.25, 0.3) is 0 Å². The Morgan fingerprint density at radius 2 is 0.791 bits per heavy atom. The van der Waals surface area contributed by atoms with Crippen LogP contribution in [-0.2, 0) is 10.8 Å². The van der Waals surface area contributed by atoms with Gasteiger partial charge in [-0.15, -0.1) is 11.3 Å². The van der Waals surface area contributed by atoms with E-state index in [9.17, 15) is 0 Å². The van der Waals surface area contributed by atoms with Crippen LogP contribution in [0.2, 0.25) is 0 Å². The molecule has 0 radical (unpaired) electrons. The predicted molar refractivity (Wildman–Crippen MR) is 275 cm³/mol. The first-order valence-corrected chi connectivity index (χ1v) is 23.8. The van der Waals surface area contributed by atoms with Crippen LogP contribution >= 0.6 is 11.3 Å². The van der Waals surface area contributed by atoms with Crippen molar-refractivity contribution in [2.45, 2.75) is 10.8 Å². The summed E-state index contributed by atoms with van der Waals surface area (Å²) in [5.41, 5.74) is 17.1. The Labute approximate surface area is 391 Å². The van der Waals surface area contributed by atoms with E-state index in [0.29, 0.717) is 17.5 Å². The largest absolute Gasteiger partial charge is 0.208 e. The first-order chi connectivity index (χ1) is 33.2. The minimum absolute atomic E-state index is 0.535. The zero-order valence-corrected chi connectivity index (χ0v) is 36.9. The van der Waals surface area contributed by atoms with Gasteiger partial charge in [0, 0.05) is 36.9 Å². The van der Waals surface area contributed by atoms with Gasteiger partial charge in [-0.1, -0.05) is 218 Å². The van der Waals surface area contributed by atoms with Crippen LogP contribution in [-0.4, -0.2) is 15.0 Å². The Kier molecular flexibility index (Phi) is 7.51. The van der Waals surface area contributed by atoms with Crippen LogP contribution in [0.15, 0.2) is 224 Å². The molecule has 3 aliphatic rings. The summed E-state index contributed by atoms with van der Waals surface area (Å²) < 4.78 is 2.60. The van der Waals surface area contributed by atoms with E-state index in [-0.39, 0.29) is 0 Å². The quantitative estimate of drug-likeness (QED) is 0.178. The first-order valence-electron chi connectivity index (χ1n) is 23.0. The zero-order chi connectivity index (χ0) is 43.8. The first kappa shape index (κ1) is 37.0. The molecule has 4 heteroatoms. The van der Waals surface area contributed by atoms with Crippen molar-refractivity contribution >= 4 is 42.3 Å². The highest BCUT2D eigenvalue weighted by atomic mass is 32.1. The molecule has 12 aromatic rings. The Bertz CT molecular complexity index is 3970. The van der Waals surface area contributed by atoms with Gasteiger partial charge in [-0.25, -0.2) is 15.0 Å². The smallest absolute Gasteiger partial charge is 0.164 e. The number of nitrogens with zero attached hydrogens (tertiary/aromatic N) is 3. The normalized spacial score (nSPS) is 14.2. The second kappa shape index (κ2) is 13.6. The fourth-order valence-electron chi connectivity index (χ4n) is 12.5. The molecule has 0 N–H and O–H groups in total. The van der Waals surface area contributed by atoms with Crippen LogP contribution in [0.3, 0.4) is 0 Å². The Morgan fingerprint density at radius 3 is 1.51 bits per heavy atom. The summed E-state index contributed by atoms with van der Waals surface area (Å²) in [6.07, 6.45) is 0. The Hall–Kier alpha value is -8.31. The molecule has 2 spiro atoms. The summed E-state index contributed by atoms with van der Waals surface area (Å²) in [6.45, 7) is 0. The lowest BCUT2D eigenvalue weighted by Crippen LogP contribution is -2.43. The molecule has 0 bridgehead atoms. The van der Waals surface area contributed by atoms with Gasteiger partial charge in [0.05, 0.1) is 10.8 Å². The van der Waals surface area contributed by atoms with Gasteiger partial charge in [-0.2, -0.15) is 0 Å². The fourth-order valence-corrected chi connectivity index (χ4v) is 13.8. The SMILES string of the molecule is c1ccc(-c2nc(-c3cccc4c3-c3ccc5c(sc6ccccc65)c3C43c4ccccc4C4(c5ccccc5-c5ccccc54)c4ccccc43)nc(-c3cccc4ccccc34)n2)cc1. The molecule has 310 valence electrons. The van der Waals surface area contributed by atoms with Crippen LogP contribution in [0.1, 0.15) is 44.5 Å². The maximum absolute atomic E-state index is 5.51. The molecule has 0 saturated heterocycles. The van der Waals surface area contributed by atoms with Crippen LogP contribution in [0.4, 0.5) is 0 Å². The standard InChI is InChI=1S/C63H37N3S/c1-2-19-39(20-3-1)59-64-60(45-26-16-21-38-18-4-5-22-40(38)45)66-61(65-59)47-27-17-34-54-56(47)46-37-36-44-43-25-8-15-35-55(43)67-58(44)57(46)63(54)52-32-13-11-30-50(52)62(51-31-12-14-33-53(51)63)48-28-9-6-23-41(48)42-24-7-10-29-49(42)62/h1-37H. The van der Waals surface area contributed by atoms with E-state index in [1.165, 1.54) is 86.9 Å². The van der Waals surface area contributed by atoms with E-state index in [1.54, 1.807) is 0 Å². The lowest BCUT2D eigenvalue weighted by molar-refractivity contribution is 0.636. The van der Waals surface area contributed by atoms with Gasteiger partial charge in [0.2, 0.25) is 0 Å². The molecule has 67 heavy (non-hydrogen) atoms. The molecule has 10 aromatic carbocycles. The highest BCUT2D eigenvalue weighted by Crippen LogP contribution is 2.69. The highest BCUT2D eigenvalue weighted by molar-refractivity contribution is 7.26. The molecule has 3 aliphatic carbocycles. The molecule has 0 unspecified atom stereocenters. The maximum Gasteiger partial charge on any atom is 0.164 e. The average Bonchev–Trinajstić information content (AvgIpc) is 4.03. The van der Waals surface area contributed by atoms with E-state index in [0.717, 1.165) is 27.5 Å². The van der Waals surface area contributed by atoms with Gasteiger partial charge >= 0.3 is 0 Å². The predicted octanol–water partition coefficient (Wildman–Crippen LogP) is 15.4. The second-order valence-corrected chi connectivity index (χ2v) is 19.1. The minimum atomic E-state index is -0.695. The fraction of sp³-hybridized carbons (Fsp3) is 0.0317. The highest BCUT2D eigenvalue weighted by Gasteiger charge is 2.59. The average molecular weight is 868 g/mol. The van der Waals surface area contributed by atoms with Gasteiger partial charge in [-0.3, -0.25) is 0 Å². The van der Waals surface area contributed by atoms with Crippen molar-refractivity contribution in [1.29, 1.82) is 0 Å². The molecule has 0 amide bonds. The van der Waals surface area contributed by atoms with E-state index in [2.05, 4.69) is 218 Å². The summed E-state index contributed by atoms with van der Waals surface area (Å²) in [7, 11) is 0. The van der Waals surface area contributed by atoms with Gasteiger partial charge < -0.3 is 0 Å². The van der Waals surface area contributed by atoms with E-state index >= 15 is 0 Å². The second-order valence-electron chi connectivity index (χ2n) is 18.1. The topological polar surface area (TPSA) is 38.7 Å². The molecule has 2 heterocycles. The van der Waals surface area contributed by atoms with Crippen LogP contribution in [0.25, 0.3) is 87.4 Å². The maximum atomic E-state index is 5.51. The number of hydrogen-bond acceptors (Lipinski definition) is 4. The molecule has 15 rings (SSSR count).